The third-order valence-electron chi connectivity index (χ3n) is 3.76. The number of piperazine rings is 1. The molecule has 1 heterocycles. The average molecular weight is 354 g/mol. The summed E-state index contributed by atoms with van der Waals surface area (Å²) in [6.07, 6.45) is 0.626. The number of ether oxygens (including phenoxy) is 1. The number of hydrogen-bond acceptors (Lipinski definition) is 5. The number of imide groups is 1. The maximum atomic E-state index is 12.4. The molecule has 1 aliphatic heterocycles. The molecule has 24 heavy (non-hydrogen) atoms. The fraction of sp³-hybridized carbons (Fsp3) is 0.500. The van der Waals surface area contributed by atoms with Crippen LogP contribution in [0.25, 0.3) is 0 Å². The van der Waals surface area contributed by atoms with Gasteiger partial charge in [0.25, 0.3) is 0 Å². The lowest BCUT2D eigenvalue weighted by Crippen LogP contribution is -2.59. The van der Waals surface area contributed by atoms with E-state index in [0.717, 1.165) is 9.87 Å². The van der Waals surface area contributed by atoms with Gasteiger partial charge in [0.1, 0.15) is 6.04 Å². The minimum atomic E-state index is -3.68. The molecule has 2 rings (SSSR count). The zero-order chi connectivity index (χ0) is 17.6. The van der Waals surface area contributed by atoms with Gasteiger partial charge in [0.15, 0.2) is 0 Å². The molecule has 1 N–H and O–H groups in total. The Balaban J connectivity index is 1.84. The van der Waals surface area contributed by atoms with Gasteiger partial charge in [-0.2, -0.15) is 4.31 Å². The molecule has 0 bridgehead atoms. The highest BCUT2D eigenvalue weighted by molar-refractivity contribution is 7.89. The van der Waals surface area contributed by atoms with Crippen LogP contribution < -0.4 is 5.32 Å². The lowest BCUT2D eigenvalue weighted by atomic mass is 10.2. The molecule has 7 nitrogen and oxygen atoms in total. The molecule has 0 aromatic heterocycles. The lowest BCUT2D eigenvalue weighted by Gasteiger charge is -2.32. The Morgan fingerprint density at radius 3 is 2.62 bits per heavy atom. The summed E-state index contributed by atoms with van der Waals surface area (Å²) in [5, 5.41) is 2.17. The van der Waals surface area contributed by atoms with Crippen molar-refractivity contribution in [3.63, 3.8) is 0 Å². The zero-order valence-electron chi connectivity index (χ0n) is 13.6. The molecule has 1 unspecified atom stereocenters. The predicted molar refractivity (Wildman–Crippen MR) is 88.4 cm³/mol. The van der Waals surface area contributed by atoms with Crippen LogP contribution in [0.3, 0.4) is 0 Å². The molecule has 1 fully saturated rings. The van der Waals surface area contributed by atoms with E-state index in [1.54, 1.807) is 6.92 Å². The summed E-state index contributed by atoms with van der Waals surface area (Å²) in [6.45, 7) is 2.12. The molecular weight excluding hydrogens is 332 g/mol. The van der Waals surface area contributed by atoms with E-state index in [-0.39, 0.29) is 12.3 Å². The standard InChI is InChI=1S/C16H22N2O5S/c1-2-14-16(20)17-15(19)11-18(14)24(21,22)10-6-9-23-12-13-7-4-3-5-8-13/h3-5,7-8,14H,2,6,9-12H2,1H3,(H,17,19,20). The monoisotopic (exact) mass is 354 g/mol. The van der Waals surface area contributed by atoms with Crippen molar-refractivity contribution < 1.29 is 22.7 Å². The fourth-order valence-corrected chi connectivity index (χ4v) is 4.21. The first kappa shape index (κ1) is 18.6. The average Bonchev–Trinajstić information content (AvgIpc) is 2.55. The highest BCUT2D eigenvalue weighted by atomic mass is 32.2. The number of hydrogen-bond donors (Lipinski definition) is 1. The molecule has 2 amide bonds. The van der Waals surface area contributed by atoms with Gasteiger partial charge in [0, 0.05) is 6.61 Å². The van der Waals surface area contributed by atoms with E-state index in [4.69, 9.17) is 4.74 Å². The van der Waals surface area contributed by atoms with Crippen molar-refractivity contribution >= 4 is 21.8 Å². The van der Waals surface area contributed by atoms with Gasteiger partial charge in [-0.15, -0.1) is 0 Å². The number of carbonyl (C=O) groups excluding carboxylic acids is 2. The highest BCUT2D eigenvalue weighted by Crippen LogP contribution is 2.15. The SMILES string of the molecule is CCC1C(=O)NC(=O)CN1S(=O)(=O)CCCOCc1ccccc1. The van der Waals surface area contributed by atoms with Crippen LogP contribution in [0.4, 0.5) is 0 Å². The summed E-state index contributed by atoms with van der Waals surface area (Å²) < 4.78 is 31.3. The van der Waals surface area contributed by atoms with E-state index in [1.807, 2.05) is 30.3 Å². The van der Waals surface area contributed by atoms with Crippen LogP contribution in [0, 0.1) is 0 Å². The fourth-order valence-electron chi connectivity index (χ4n) is 2.55. The second-order valence-corrected chi connectivity index (χ2v) is 7.63. The molecule has 0 radical (unpaired) electrons. The van der Waals surface area contributed by atoms with Crippen LogP contribution in [0.15, 0.2) is 30.3 Å². The number of rotatable bonds is 8. The minimum Gasteiger partial charge on any atom is -0.377 e. The van der Waals surface area contributed by atoms with E-state index < -0.39 is 27.9 Å². The normalized spacial score (nSPS) is 19.3. The minimum absolute atomic E-state index is 0.154. The number of carbonyl (C=O) groups is 2. The Morgan fingerprint density at radius 2 is 1.96 bits per heavy atom. The zero-order valence-corrected chi connectivity index (χ0v) is 14.4. The van der Waals surface area contributed by atoms with Crippen molar-refractivity contribution in [1.82, 2.24) is 9.62 Å². The Bertz CT molecular complexity index is 675. The molecule has 1 atom stereocenters. The van der Waals surface area contributed by atoms with Crippen LogP contribution in [0.5, 0.6) is 0 Å². The van der Waals surface area contributed by atoms with E-state index >= 15 is 0 Å². The second-order valence-electron chi connectivity index (χ2n) is 5.59. The number of sulfonamides is 1. The van der Waals surface area contributed by atoms with Crippen LogP contribution in [-0.4, -0.2) is 49.5 Å². The van der Waals surface area contributed by atoms with E-state index in [1.165, 1.54) is 0 Å². The Hall–Kier alpha value is -1.77. The molecule has 0 spiro atoms. The van der Waals surface area contributed by atoms with Gasteiger partial charge in [0.2, 0.25) is 21.8 Å². The summed E-state index contributed by atoms with van der Waals surface area (Å²) in [7, 11) is -3.68. The van der Waals surface area contributed by atoms with Crippen molar-refractivity contribution in [2.75, 3.05) is 18.9 Å². The van der Waals surface area contributed by atoms with E-state index in [9.17, 15) is 18.0 Å². The first-order valence-electron chi connectivity index (χ1n) is 7.89. The molecule has 1 aromatic carbocycles. The van der Waals surface area contributed by atoms with Crippen molar-refractivity contribution in [3.8, 4) is 0 Å². The van der Waals surface area contributed by atoms with Gasteiger partial charge in [-0.3, -0.25) is 14.9 Å². The quantitative estimate of drug-likeness (QED) is 0.547. The molecule has 1 aromatic rings. The topological polar surface area (TPSA) is 92.8 Å². The second kappa shape index (κ2) is 8.36. The van der Waals surface area contributed by atoms with Gasteiger partial charge in [-0.05, 0) is 18.4 Å². The molecule has 8 heteroatoms. The summed E-state index contributed by atoms with van der Waals surface area (Å²) in [5.74, 6) is -1.30. The molecule has 1 saturated heterocycles. The van der Waals surface area contributed by atoms with Crippen LogP contribution >= 0.6 is 0 Å². The van der Waals surface area contributed by atoms with Crippen molar-refractivity contribution in [3.05, 3.63) is 35.9 Å². The molecule has 0 aliphatic carbocycles. The van der Waals surface area contributed by atoms with Gasteiger partial charge in [0.05, 0.1) is 18.9 Å². The third-order valence-corrected chi connectivity index (χ3v) is 5.66. The van der Waals surface area contributed by atoms with Crippen molar-refractivity contribution in [2.24, 2.45) is 0 Å². The van der Waals surface area contributed by atoms with Gasteiger partial charge >= 0.3 is 0 Å². The maximum Gasteiger partial charge on any atom is 0.245 e. The van der Waals surface area contributed by atoms with E-state index in [0.29, 0.717) is 26.1 Å². The van der Waals surface area contributed by atoms with Gasteiger partial charge < -0.3 is 4.74 Å². The Labute approximate surface area is 142 Å². The summed E-state index contributed by atoms with van der Waals surface area (Å²) in [4.78, 5) is 23.2. The maximum absolute atomic E-state index is 12.4. The van der Waals surface area contributed by atoms with Gasteiger partial charge in [-0.1, -0.05) is 37.3 Å². The smallest absolute Gasteiger partial charge is 0.245 e. The number of nitrogens with one attached hydrogen (secondary N) is 1. The van der Waals surface area contributed by atoms with Crippen LogP contribution in [-0.2, 0) is 31.0 Å². The van der Waals surface area contributed by atoms with Crippen LogP contribution in [0.1, 0.15) is 25.3 Å². The van der Waals surface area contributed by atoms with E-state index in [2.05, 4.69) is 5.32 Å². The summed E-state index contributed by atoms with van der Waals surface area (Å²) >= 11 is 0. The van der Waals surface area contributed by atoms with Gasteiger partial charge in [-0.25, -0.2) is 8.42 Å². The summed E-state index contributed by atoms with van der Waals surface area (Å²) in [5.41, 5.74) is 1.02. The molecule has 1 aliphatic rings. The Morgan fingerprint density at radius 1 is 1.25 bits per heavy atom. The number of nitrogens with zero attached hydrogens (tertiary/aromatic N) is 1. The van der Waals surface area contributed by atoms with Crippen molar-refractivity contribution in [2.45, 2.75) is 32.4 Å². The highest BCUT2D eigenvalue weighted by Gasteiger charge is 2.39. The Kier molecular flexibility index (Phi) is 6.47. The first-order chi connectivity index (χ1) is 11.4. The third kappa shape index (κ3) is 4.86. The molecular formula is C16H22N2O5S. The van der Waals surface area contributed by atoms with Crippen molar-refractivity contribution in [1.29, 1.82) is 0 Å². The number of benzene rings is 1. The lowest BCUT2D eigenvalue weighted by molar-refractivity contribution is -0.137. The van der Waals surface area contributed by atoms with Crippen LogP contribution in [0.2, 0.25) is 0 Å². The molecule has 132 valence electrons. The molecule has 0 saturated carbocycles. The summed E-state index contributed by atoms with van der Waals surface area (Å²) in [6, 6.07) is 8.77. The first-order valence-corrected chi connectivity index (χ1v) is 9.50. The number of amides is 2. The largest absolute Gasteiger partial charge is 0.377 e. The predicted octanol–water partition coefficient (Wildman–Crippen LogP) is 0.660.